The molecular formula is C12H15FN2O. The van der Waals surface area contributed by atoms with Gasteiger partial charge in [-0.15, -0.1) is 0 Å². The minimum atomic E-state index is -0.536. The Hall–Kier alpha value is -1.45. The van der Waals surface area contributed by atoms with Gasteiger partial charge in [-0.3, -0.25) is 9.78 Å². The minimum absolute atomic E-state index is 0.129. The maximum Gasteiger partial charge on any atom is 0.256 e. The molecule has 1 aromatic heterocycles. The van der Waals surface area contributed by atoms with Crippen molar-refractivity contribution >= 4 is 5.91 Å². The van der Waals surface area contributed by atoms with Crippen molar-refractivity contribution in [1.82, 2.24) is 9.88 Å². The normalized spacial score (nSPS) is 20.9. The van der Waals surface area contributed by atoms with Crippen molar-refractivity contribution in [2.24, 2.45) is 5.92 Å². The van der Waals surface area contributed by atoms with Gasteiger partial charge in [0, 0.05) is 19.3 Å². The number of piperidine rings is 1. The fraction of sp³-hybridized carbons (Fsp3) is 0.500. The Labute approximate surface area is 94.3 Å². The molecule has 0 N–H and O–H groups in total. The summed E-state index contributed by atoms with van der Waals surface area (Å²) >= 11 is 0. The number of aromatic nitrogens is 1. The number of nitrogens with zero attached hydrogens (tertiary/aromatic N) is 2. The third kappa shape index (κ3) is 2.21. The van der Waals surface area contributed by atoms with Crippen LogP contribution in [0.4, 0.5) is 4.39 Å². The standard InChI is InChI=1S/C12H15FN2O/c1-9-3-2-6-15(8-9)12(16)10-4-5-14-7-11(10)13/h4-5,7,9H,2-3,6,8H2,1H3. The largest absolute Gasteiger partial charge is 0.338 e. The predicted molar refractivity (Wildman–Crippen MR) is 58.5 cm³/mol. The average molecular weight is 222 g/mol. The van der Waals surface area contributed by atoms with Crippen molar-refractivity contribution in [3.8, 4) is 0 Å². The number of carbonyl (C=O) groups excluding carboxylic acids is 1. The van der Waals surface area contributed by atoms with E-state index in [0.717, 1.165) is 32.1 Å². The van der Waals surface area contributed by atoms with E-state index in [-0.39, 0.29) is 11.5 Å². The molecule has 0 aliphatic carbocycles. The maximum absolute atomic E-state index is 13.4. The SMILES string of the molecule is CC1CCCN(C(=O)c2ccncc2F)C1. The van der Waals surface area contributed by atoms with E-state index in [4.69, 9.17) is 0 Å². The topological polar surface area (TPSA) is 33.2 Å². The molecule has 0 bridgehead atoms. The molecule has 16 heavy (non-hydrogen) atoms. The molecule has 4 heteroatoms. The van der Waals surface area contributed by atoms with Gasteiger partial charge in [0.2, 0.25) is 0 Å². The van der Waals surface area contributed by atoms with Crippen molar-refractivity contribution in [3.63, 3.8) is 0 Å². The highest BCUT2D eigenvalue weighted by Crippen LogP contribution is 2.18. The molecule has 0 spiro atoms. The molecule has 2 rings (SSSR count). The van der Waals surface area contributed by atoms with Gasteiger partial charge >= 0.3 is 0 Å². The quantitative estimate of drug-likeness (QED) is 0.729. The summed E-state index contributed by atoms with van der Waals surface area (Å²) in [6.07, 6.45) is 4.67. The Kier molecular flexibility index (Phi) is 3.17. The van der Waals surface area contributed by atoms with Crippen LogP contribution in [0.25, 0.3) is 0 Å². The van der Waals surface area contributed by atoms with Crippen LogP contribution in [0.5, 0.6) is 0 Å². The highest BCUT2D eigenvalue weighted by atomic mass is 19.1. The Morgan fingerprint density at radius 3 is 3.12 bits per heavy atom. The van der Waals surface area contributed by atoms with Gasteiger partial charge in [-0.1, -0.05) is 6.92 Å². The zero-order valence-corrected chi connectivity index (χ0v) is 9.32. The van der Waals surface area contributed by atoms with Crippen molar-refractivity contribution in [2.75, 3.05) is 13.1 Å². The highest BCUT2D eigenvalue weighted by Gasteiger charge is 2.23. The van der Waals surface area contributed by atoms with E-state index in [0.29, 0.717) is 5.92 Å². The average Bonchev–Trinajstić information content (AvgIpc) is 2.29. The third-order valence-corrected chi connectivity index (χ3v) is 2.95. The van der Waals surface area contributed by atoms with Crippen LogP contribution < -0.4 is 0 Å². The van der Waals surface area contributed by atoms with E-state index in [9.17, 15) is 9.18 Å². The molecule has 1 aliphatic heterocycles. The van der Waals surface area contributed by atoms with Crippen LogP contribution in [-0.4, -0.2) is 28.9 Å². The number of amides is 1. The fourth-order valence-corrected chi connectivity index (χ4v) is 2.09. The maximum atomic E-state index is 13.4. The van der Waals surface area contributed by atoms with Crippen molar-refractivity contribution < 1.29 is 9.18 Å². The van der Waals surface area contributed by atoms with Gasteiger partial charge in [0.05, 0.1) is 11.8 Å². The van der Waals surface area contributed by atoms with Gasteiger partial charge in [0.25, 0.3) is 5.91 Å². The summed E-state index contributed by atoms with van der Waals surface area (Å²) in [5.74, 6) is -0.250. The molecule has 1 fully saturated rings. The van der Waals surface area contributed by atoms with Crippen LogP contribution in [0.15, 0.2) is 18.5 Å². The Morgan fingerprint density at radius 1 is 1.62 bits per heavy atom. The first-order valence-corrected chi connectivity index (χ1v) is 5.57. The molecule has 1 saturated heterocycles. The molecule has 0 aromatic carbocycles. The van der Waals surface area contributed by atoms with E-state index in [1.54, 1.807) is 4.90 Å². The molecule has 2 heterocycles. The molecule has 1 aromatic rings. The molecule has 1 amide bonds. The molecule has 0 saturated carbocycles. The molecule has 1 unspecified atom stereocenters. The predicted octanol–water partition coefficient (Wildman–Crippen LogP) is 2.09. The number of rotatable bonds is 1. The van der Waals surface area contributed by atoms with E-state index >= 15 is 0 Å². The van der Waals surface area contributed by atoms with Crippen molar-refractivity contribution in [2.45, 2.75) is 19.8 Å². The van der Waals surface area contributed by atoms with E-state index in [1.807, 2.05) is 0 Å². The molecular weight excluding hydrogens is 207 g/mol. The van der Waals surface area contributed by atoms with Gasteiger partial charge in [-0.05, 0) is 24.8 Å². The molecule has 3 nitrogen and oxygen atoms in total. The summed E-state index contributed by atoms with van der Waals surface area (Å²) < 4.78 is 13.4. The van der Waals surface area contributed by atoms with Crippen LogP contribution in [-0.2, 0) is 0 Å². The molecule has 0 radical (unpaired) electrons. The summed E-state index contributed by atoms with van der Waals surface area (Å²) in [4.78, 5) is 17.4. The summed E-state index contributed by atoms with van der Waals surface area (Å²) in [5, 5.41) is 0. The number of carbonyl (C=O) groups is 1. The zero-order valence-electron chi connectivity index (χ0n) is 9.32. The summed E-state index contributed by atoms with van der Waals surface area (Å²) in [6, 6.07) is 1.44. The second-order valence-corrected chi connectivity index (χ2v) is 4.35. The van der Waals surface area contributed by atoms with E-state index in [1.165, 1.54) is 12.3 Å². The van der Waals surface area contributed by atoms with Gasteiger partial charge in [-0.25, -0.2) is 4.39 Å². The summed E-state index contributed by atoms with van der Waals surface area (Å²) in [6.45, 7) is 3.56. The fourth-order valence-electron chi connectivity index (χ4n) is 2.09. The number of hydrogen-bond acceptors (Lipinski definition) is 2. The lowest BCUT2D eigenvalue weighted by Gasteiger charge is -2.31. The second kappa shape index (κ2) is 4.60. The number of pyridine rings is 1. The second-order valence-electron chi connectivity index (χ2n) is 4.35. The molecule has 86 valence electrons. The van der Waals surface area contributed by atoms with Gasteiger partial charge in [0.1, 0.15) is 0 Å². The van der Waals surface area contributed by atoms with Gasteiger partial charge in [0.15, 0.2) is 5.82 Å². The lowest BCUT2D eigenvalue weighted by Crippen LogP contribution is -2.39. The first-order valence-electron chi connectivity index (χ1n) is 5.57. The number of likely N-dealkylation sites (tertiary alicyclic amines) is 1. The molecule has 1 aliphatic rings. The number of halogens is 1. The lowest BCUT2D eigenvalue weighted by molar-refractivity contribution is 0.0678. The number of hydrogen-bond donors (Lipinski definition) is 0. The highest BCUT2D eigenvalue weighted by molar-refractivity contribution is 5.94. The van der Waals surface area contributed by atoms with Crippen LogP contribution in [0, 0.1) is 11.7 Å². The monoisotopic (exact) mass is 222 g/mol. The minimum Gasteiger partial charge on any atom is -0.338 e. The zero-order chi connectivity index (χ0) is 11.5. The molecule has 1 atom stereocenters. The van der Waals surface area contributed by atoms with Crippen molar-refractivity contribution in [1.29, 1.82) is 0 Å². The van der Waals surface area contributed by atoms with E-state index < -0.39 is 5.82 Å². The first-order chi connectivity index (χ1) is 7.68. The van der Waals surface area contributed by atoms with Gasteiger partial charge < -0.3 is 4.90 Å². The van der Waals surface area contributed by atoms with Crippen LogP contribution in [0.3, 0.4) is 0 Å². The summed E-state index contributed by atoms with van der Waals surface area (Å²) in [7, 11) is 0. The van der Waals surface area contributed by atoms with Crippen LogP contribution in [0.1, 0.15) is 30.1 Å². The van der Waals surface area contributed by atoms with Crippen LogP contribution >= 0.6 is 0 Å². The van der Waals surface area contributed by atoms with Crippen molar-refractivity contribution in [3.05, 3.63) is 29.8 Å². The van der Waals surface area contributed by atoms with Gasteiger partial charge in [-0.2, -0.15) is 0 Å². The smallest absolute Gasteiger partial charge is 0.256 e. The summed E-state index contributed by atoms with van der Waals surface area (Å²) in [5.41, 5.74) is 0.129. The Bertz CT molecular complexity index is 394. The Morgan fingerprint density at radius 2 is 2.44 bits per heavy atom. The first kappa shape index (κ1) is 11.0. The van der Waals surface area contributed by atoms with E-state index in [2.05, 4.69) is 11.9 Å². The lowest BCUT2D eigenvalue weighted by atomic mass is 9.99. The van der Waals surface area contributed by atoms with Crippen LogP contribution in [0.2, 0.25) is 0 Å². The third-order valence-electron chi connectivity index (χ3n) is 2.95. The Balaban J connectivity index is 2.16.